The van der Waals surface area contributed by atoms with Gasteiger partial charge in [0.25, 0.3) is 0 Å². The van der Waals surface area contributed by atoms with Crippen LogP contribution in [-0.4, -0.2) is 55.3 Å². The molecular weight excluding hydrogens is 298 g/mol. The molecule has 1 unspecified atom stereocenters. The average molecular weight is 323 g/mol. The quantitative estimate of drug-likeness (QED) is 0.898. The van der Waals surface area contributed by atoms with Gasteiger partial charge in [-0.25, -0.2) is 0 Å². The standard InChI is InChI=1S/C16H25N3O2S/c1-12(14-5-4-10-22-14)17-15(20)11-19-8-6-13(7-9-19)16(21)18(2)3/h4-5,10,12-13H,6-9,11H2,1-3H3,(H,17,20). The van der Waals surface area contributed by atoms with Gasteiger partial charge in [-0.1, -0.05) is 6.07 Å². The molecule has 1 atom stereocenters. The van der Waals surface area contributed by atoms with Gasteiger partial charge in [-0.15, -0.1) is 11.3 Å². The lowest BCUT2D eigenvalue weighted by atomic mass is 9.95. The molecule has 122 valence electrons. The molecule has 2 rings (SSSR count). The molecule has 6 heteroatoms. The van der Waals surface area contributed by atoms with Gasteiger partial charge in [0.1, 0.15) is 0 Å². The van der Waals surface area contributed by atoms with Crippen molar-refractivity contribution in [3.05, 3.63) is 22.4 Å². The van der Waals surface area contributed by atoms with Crippen molar-refractivity contribution in [2.24, 2.45) is 5.92 Å². The van der Waals surface area contributed by atoms with Crippen LogP contribution in [0.5, 0.6) is 0 Å². The molecule has 0 aliphatic carbocycles. The molecule has 0 bridgehead atoms. The monoisotopic (exact) mass is 323 g/mol. The lowest BCUT2D eigenvalue weighted by Gasteiger charge is -2.32. The van der Waals surface area contributed by atoms with Gasteiger partial charge in [-0.05, 0) is 44.3 Å². The summed E-state index contributed by atoms with van der Waals surface area (Å²) in [6.45, 7) is 4.04. The van der Waals surface area contributed by atoms with E-state index in [1.54, 1.807) is 30.3 Å². The summed E-state index contributed by atoms with van der Waals surface area (Å²) in [5, 5.41) is 5.05. The average Bonchev–Trinajstić information content (AvgIpc) is 3.01. The Balaban J connectivity index is 1.74. The van der Waals surface area contributed by atoms with E-state index in [-0.39, 0.29) is 23.8 Å². The maximum atomic E-state index is 12.1. The number of nitrogens with zero attached hydrogens (tertiary/aromatic N) is 2. The highest BCUT2D eigenvalue weighted by Gasteiger charge is 2.27. The van der Waals surface area contributed by atoms with E-state index in [0.29, 0.717) is 6.54 Å². The Morgan fingerprint density at radius 3 is 2.64 bits per heavy atom. The highest BCUT2D eigenvalue weighted by Crippen LogP contribution is 2.20. The van der Waals surface area contributed by atoms with E-state index in [0.717, 1.165) is 25.9 Å². The van der Waals surface area contributed by atoms with Crippen LogP contribution in [0.2, 0.25) is 0 Å². The molecule has 5 nitrogen and oxygen atoms in total. The Morgan fingerprint density at radius 2 is 2.09 bits per heavy atom. The zero-order chi connectivity index (χ0) is 16.1. The van der Waals surface area contributed by atoms with Crippen LogP contribution in [0.3, 0.4) is 0 Å². The van der Waals surface area contributed by atoms with Gasteiger partial charge in [-0.2, -0.15) is 0 Å². The maximum absolute atomic E-state index is 12.1. The van der Waals surface area contributed by atoms with Crippen molar-refractivity contribution in [2.75, 3.05) is 33.7 Å². The van der Waals surface area contributed by atoms with E-state index in [9.17, 15) is 9.59 Å². The summed E-state index contributed by atoms with van der Waals surface area (Å²) in [4.78, 5) is 29.0. The molecule has 1 saturated heterocycles. The summed E-state index contributed by atoms with van der Waals surface area (Å²) in [5.74, 6) is 0.369. The Kier molecular flexibility index (Phi) is 5.97. The highest BCUT2D eigenvalue weighted by molar-refractivity contribution is 7.10. The molecule has 1 aliphatic rings. The summed E-state index contributed by atoms with van der Waals surface area (Å²) in [6, 6.07) is 4.09. The number of thiophene rings is 1. The minimum Gasteiger partial charge on any atom is -0.349 e. The second kappa shape index (κ2) is 7.74. The van der Waals surface area contributed by atoms with E-state index >= 15 is 0 Å². The van der Waals surface area contributed by atoms with Crippen LogP contribution in [-0.2, 0) is 9.59 Å². The van der Waals surface area contributed by atoms with Crippen molar-refractivity contribution in [3.8, 4) is 0 Å². The van der Waals surface area contributed by atoms with Crippen molar-refractivity contribution in [1.82, 2.24) is 15.1 Å². The summed E-state index contributed by atoms with van der Waals surface area (Å²) in [6.07, 6.45) is 1.68. The Morgan fingerprint density at radius 1 is 1.41 bits per heavy atom. The number of nitrogens with one attached hydrogen (secondary N) is 1. The second-order valence-corrected chi connectivity index (χ2v) is 7.07. The van der Waals surface area contributed by atoms with Crippen LogP contribution < -0.4 is 5.32 Å². The van der Waals surface area contributed by atoms with Gasteiger partial charge in [0.2, 0.25) is 11.8 Å². The van der Waals surface area contributed by atoms with Crippen molar-refractivity contribution < 1.29 is 9.59 Å². The van der Waals surface area contributed by atoms with Gasteiger partial charge in [-0.3, -0.25) is 14.5 Å². The van der Waals surface area contributed by atoms with Gasteiger partial charge < -0.3 is 10.2 Å². The van der Waals surface area contributed by atoms with Crippen molar-refractivity contribution in [1.29, 1.82) is 0 Å². The van der Waals surface area contributed by atoms with Gasteiger partial charge >= 0.3 is 0 Å². The van der Waals surface area contributed by atoms with Crippen LogP contribution in [0.15, 0.2) is 17.5 Å². The zero-order valence-corrected chi connectivity index (χ0v) is 14.4. The summed E-state index contributed by atoms with van der Waals surface area (Å²) >= 11 is 1.65. The normalized spacial score (nSPS) is 18.0. The summed E-state index contributed by atoms with van der Waals surface area (Å²) < 4.78 is 0. The lowest BCUT2D eigenvalue weighted by Crippen LogP contribution is -2.44. The van der Waals surface area contributed by atoms with Crippen molar-refractivity contribution >= 4 is 23.2 Å². The topological polar surface area (TPSA) is 52.7 Å². The largest absolute Gasteiger partial charge is 0.349 e. The molecule has 1 N–H and O–H groups in total. The summed E-state index contributed by atoms with van der Waals surface area (Å²) in [7, 11) is 3.60. The fraction of sp³-hybridized carbons (Fsp3) is 0.625. The third-order valence-corrected chi connectivity index (χ3v) is 5.15. The smallest absolute Gasteiger partial charge is 0.234 e. The van der Waals surface area contributed by atoms with Crippen molar-refractivity contribution in [3.63, 3.8) is 0 Å². The number of carbonyl (C=O) groups excluding carboxylic acids is 2. The minimum absolute atomic E-state index is 0.0540. The van der Waals surface area contributed by atoms with Crippen molar-refractivity contribution in [2.45, 2.75) is 25.8 Å². The molecule has 2 amide bonds. The Hall–Kier alpha value is -1.40. The number of piperidine rings is 1. The second-order valence-electron chi connectivity index (χ2n) is 6.09. The predicted octanol–water partition coefficient (Wildman–Crippen LogP) is 1.73. The molecule has 2 heterocycles. The van der Waals surface area contributed by atoms with Crippen LogP contribution in [0.1, 0.15) is 30.7 Å². The molecule has 0 spiro atoms. The predicted molar refractivity (Wildman–Crippen MR) is 88.7 cm³/mol. The van der Waals surface area contributed by atoms with Gasteiger partial charge in [0, 0.05) is 24.9 Å². The molecule has 0 aromatic carbocycles. The van der Waals surface area contributed by atoms with Gasteiger partial charge in [0.15, 0.2) is 0 Å². The Bertz CT molecular complexity index is 493. The van der Waals surface area contributed by atoms with Crippen LogP contribution in [0.25, 0.3) is 0 Å². The zero-order valence-electron chi connectivity index (χ0n) is 13.5. The molecule has 1 fully saturated rings. The first-order valence-corrected chi connectivity index (χ1v) is 8.61. The lowest BCUT2D eigenvalue weighted by molar-refractivity contribution is -0.134. The number of carbonyl (C=O) groups is 2. The number of rotatable bonds is 5. The molecule has 22 heavy (non-hydrogen) atoms. The van der Waals surface area contributed by atoms with E-state index in [4.69, 9.17) is 0 Å². The summed E-state index contributed by atoms with van der Waals surface area (Å²) in [5.41, 5.74) is 0. The molecule has 1 aromatic heterocycles. The fourth-order valence-corrected chi connectivity index (χ4v) is 3.54. The number of hydrogen-bond acceptors (Lipinski definition) is 4. The van der Waals surface area contributed by atoms with E-state index in [1.807, 2.05) is 24.4 Å². The van der Waals surface area contributed by atoms with Crippen LogP contribution >= 0.6 is 11.3 Å². The SMILES string of the molecule is CC(NC(=O)CN1CCC(C(=O)N(C)C)CC1)c1cccs1. The molecule has 0 saturated carbocycles. The molecular formula is C16H25N3O2S. The first-order valence-electron chi connectivity index (χ1n) is 7.73. The van der Waals surface area contributed by atoms with E-state index in [2.05, 4.69) is 10.2 Å². The molecule has 0 radical (unpaired) electrons. The van der Waals surface area contributed by atoms with Gasteiger partial charge in [0.05, 0.1) is 12.6 Å². The first kappa shape index (κ1) is 17.0. The third kappa shape index (κ3) is 4.55. The highest BCUT2D eigenvalue weighted by atomic mass is 32.1. The third-order valence-electron chi connectivity index (χ3n) is 4.09. The first-order chi connectivity index (χ1) is 10.5. The minimum atomic E-state index is 0.0540. The number of hydrogen-bond donors (Lipinski definition) is 1. The molecule has 1 aliphatic heterocycles. The number of likely N-dealkylation sites (tertiary alicyclic amines) is 1. The maximum Gasteiger partial charge on any atom is 0.234 e. The number of amides is 2. The van der Waals surface area contributed by atoms with Crippen LogP contribution in [0, 0.1) is 5.92 Å². The van der Waals surface area contributed by atoms with E-state index in [1.165, 1.54) is 4.88 Å². The fourth-order valence-electron chi connectivity index (χ4n) is 2.80. The molecule has 1 aromatic rings. The van der Waals surface area contributed by atoms with E-state index < -0.39 is 0 Å². The van der Waals surface area contributed by atoms with Crippen LogP contribution in [0.4, 0.5) is 0 Å². The Labute approximate surface area is 136 Å².